The summed E-state index contributed by atoms with van der Waals surface area (Å²) in [5.74, 6) is -2.01. The normalized spacial score (nSPS) is 17.5. The highest BCUT2D eigenvalue weighted by atomic mass is 35.5. The number of benzene rings is 2. The van der Waals surface area contributed by atoms with Crippen molar-refractivity contribution in [2.24, 2.45) is 5.92 Å². The molecule has 2 aliphatic heterocycles. The summed E-state index contributed by atoms with van der Waals surface area (Å²) < 4.78 is 46.9. The molecule has 0 bridgehead atoms. The third-order valence-corrected chi connectivity index (χ3v) is 7.79. The van der Waals surface area contributed by atoms with Crippen LogP contribution < -0.4 is 4.74 Å². The molecule has 2 heterocycles. The zero-order chi connectivity index (χ0) is 27.1. The number of unbranched alkanes of at least 4 members (excludes halogenated alkanes) is 1. The van der Waals surface area contributed by atoms with Crippen LogP contribution in [-0.4, -0.2) is 60.6 Å². The molecule has 4 rings (SSSR count). The number of hydrogen-bond acceptors (Lipinski definition) is 3. The zero-order valence-electron chi connectivity index (χ0n) is 21.4. The molecule has 2 aliphatic rings. The van der Waals surface area contributed by atoms with Crippen molar-refractivity contribution in [3.8, 4) is 5.75 Å². The van der Waals surface area contributed by atoms with E-state index in [1.807, 2.05) is 4.90 Å². The highest BCUT2D eigenvalue weighted by Gasteiger charge is 2.47. The summed E-state index contributed by atoms with van der Waals surface area (Å²) in [6.45, 7) is 2.74. The van der Waals surface area contributed by atoms with Crippen LogP contribution >= 0.6 is 11.6 Å². The second kappa shape index (κ2) is 12.9. The minimum atomic E-state index is -4.62. The Morgan fingerprint density at radius 1 is 0.947 bits per heavy atom. The molecule has 2 aromatic rings. The average molecular weight is 551 g/mol. The van der Waals surface area contributed by atoms with Crippen LogP contribution in [0.15, 0.2) is 48.5 Å². The Kier molecular flexibility index (Phi) is 9.58. The molecular formula is C29H34ClF3N2O3. The molecule has 1 unspecified atom stereocenters. The van der Waals surface area contributed by atoms with Gasteiger partial charge in [-0.3, -0.25) is 9.59 Å². The van der Waals surface area contributed by atoms with Gasteiger partial charge in [0.2, 0.25) is 5.91 Å². The summed E-state index contributed by atoms with van der Waals surface area (Å²) in [4.78, 5) is 28.5. The number of likely N-dealkylation sites (tertiary alicyclic amines) is 2. The molecule has 2 fully saturated rings. The molecule has 2 aromatic carbocycles. The van der Waals surface area contributed by atoms with Crippen LogP contribution in [0.3, 0.4) is 0 Å². The maximum absolute atomic E-state index is 13.7. The molecule has 0 saturated carbocycles. The molecule has 38 heavy (non-hydrogen) atoms. The average Bonchev–Trinajstić information content (AvgIpc) is 3.44. The van der Waals surface area contributed by atoms with Gasteiger partial charge in [0.15, 0.2) is 5.92 Å². The zero-order valence-corrected chi connectivity index (χ0v) is 22.1. The molecule has 5 nitrogen and oxygen atoms in total. The van der Waals surface area contributed by atoms with Crippen molar-refractivity contribution in [1.82, 2.24) is 9.80 Å². The second-order valence-electron chi connectivity index (χ2n) is 10.1. The smallest absolute Gasteiger partial charge is 0.404 e. The minimum Gasteiger partial charge on any atom is -0.494 e. The first kappa shape index (κ1) is 28.3. The van der Waals surface area contributed by atoms with E-state index in [0.29, 0.717) is 54.8 Å². The van der Waals surface area contributed by atoms with Gasteiger partial charge in [-0.2, -0.15) is 13.2 Å². The largest absolute Gasteiger partial charge is 0.494 e. The van der Waals surface area contributed by atoms with Gasteiger partial charge in [0.05, 0.1) is 17.2 Å². The van der Waals surface area contributed by atoms with Gasteiger partial charge < -0.3 is 14.5 Å². The number of nitrogens with zero attached hydrogens (tertiary/aromatic N) is 2. The van der Waals surface area contributed by atoms with E-state index >= 15 is 0 Å². The first-order valence-electron chi connectivity index (χ1n) is 13.4. The highest BCUT2D eigenvalue weighted by molar-refractivity contribution is 6.34. The first-order chi connectivity index (χ1) is 18.2. The fraction of sp³-hybridized carbons (Fsp3) is 0.517. The van der Waals surface area contributed by atoms with Crippen LogP contribution in [-0.2, 0) is 4.79 Å². The molecule has 0 radical (unpaired) electrons. The van der Waals surface area contributed by atoms with Gasteiger partial charge >= 0.3 is 6.18 Å². The number of hydrogen-bond donors (Lipinski definition) is 0. The molecule has 0 aromatic heterocycles. The number of amides is 2. The van der Waals surface area contributed by atoms with E-state index < -0.39 is 18.0 Å². The molecule has 2 saturated heterocycles. The highest BCUT2D eigenvalue weighted by Crippen LogP contribution is 2.37. The third kappa shape index (κ3) is 7.22. The topological polar surface area (TPSA) is 49.9 Å². The standard InChI is InChI=1S/C29H34ClF3N2O3/c30-25-20-23(11-12-24(25)27(36)34-15-5-6-16-34)38-19-7-4-8-21-13-17-35(18-14-21)28(37)26(29(31,32)33)22-9-2-1-3-10-22/h1-3,9-12,20-21,26H,4-8,13-19H2. The number of rotatable bonds is 9. The van der Waals surface area contributed by atoms with Gasteiger partial charge in [-0.1, -0.05) is 48.4 Å². The Morgan fingerprint density at radius 2 is 1.63 bits per heavy atom. The van der Waals surface area contributed by atoms with Crippen LogP contribution in [0.2, 0.25) is 5.02 Å². The van der Waals surface area contributed by atoms with Crippen molar-refractivity contribution in [2.45, 2.75) is 57.0 Å². The summed E-state index contributed by atoms with van der Waals surface area (Å²) in [5, 5.41) is 0.390. The van der Waals surface area contributed by atoms with Crippen LogP contribution in [0.25, 0.3) is 0 Å². The summed E-state index contributed by atoms with van der Waals surface area (Å²) in [6, 6.07) is 12.6. The monoisotopic (exact) mass is 550 g/mol. The van der Waals surface area contributed by atoms with Crippen LogP contribution in [0.4, 0.5) is 13.2 Å². The van der Waals surface area contributed by atoms with Crippen molar-refractivity contribution < 1.29 is 27.5 Å². The fourth-order valence-electron chi connectivity index (χ4n) is 5.32. The molecule has 9 heteroatoms. The van der Waals surface area contributed by atoms with Gasteiger partial charge in [-0.25, -0.2) is 0 Å². The molecule has 0 aliphatic carbocycles. The molecule has 2 amide bonds. The maximum atomic E-state index is 13.7. The summed E-state index contributed by atoms with van der Waals surface area (Å²) >= 11 is 6.34. The van der Waals surface area contributed by atoms with Crippen molar-refractivity contribution in [2.75, 3.05) is 32.8 Å². The molecule has 1 atom stereocenters. The maximum Gasteiger partial charge on any atom is 0.404 e. The second-order valence-corrected chi connectivity index (χ2v) is 10.5. The quantitative estimate of drug-likeness (QED) is 0.326. The number of ether oxygens (including phenoxy) is 1. The van der Waals surface area contributed by atoms with Gasteiger partial charge in [-0.05, 0) is 68.2 Å². The van der Waals surface area contributed by atoms with Crippen molar-refractivity contribution >= 4 is 23.4 Å². The van der Waals surface area contributed by atoms with E-state index in [2.05, 4.69) is 0 Å². The van der Waals surface area contributed by atoms with Gasteiger partial charge in [0.25, 0.3) is 5.91 Å². The Bertz CT molecular complexity index is 1080. The Labute approximate surface area is 226 Å². The van der Waals surface area contributed by atoms with E-state index in [0.717, 1.165) is 45.2 Å². The summed E-state index contributed by atoms with van der Waals surface area (Å²) in [5.41, 5.74) is 0.484. The van der Waals surface area contributed by atoms with Crippen molar-refractivity contribution in [3.05, 3.63) is 64.7 Å². The summed E-state index contributed by atoms with van der Waals surface area (Å²) in [6.07, 6.45) is 1.52. The predicted octanol–water partition coefficient (Wildman–Crippen LogP) is 6.71. The first-order valence-corrected chi connectivity index (χ1v) is 13.7. The molecular weight excluding hydrogens is 517 g/mol. The number of carbonyl (C=O) groups is 2. The molecule has 0 spiro atoms. The Balaban J connectivity index is 1.17. The lowest BCUT2D eigenvalue weighted by molar-refractivity contribution is -0.172. The van der Waals surface area contributed by atoms with E-state index in [4.69, 9.17) is 16.3 Å². The lowest BCUT2D eigenvalue weighted by atomic mass is 9.90. The van der Waals surface area contributed by atoms with Crippen molar-refractivity contribution in [3.63, 3.8) is 0 Å². The molecule has 206 valence electrons. The van der Waals surface area contributed by atoms with E-state index in [9.17, 15) is 22.8 Å². The lowest BCUT2D eigenvalue weighted by Crippen LogP contribution is -2.44. The van der Waals surface area contributed by atoms with Crippen LogP contribution in [0, 0.1) is 5.92 Å². The number of carbonyl (C=O) groups excluding carboxylic acids is 2. The number of halogens is 4. The van der Waals surface area contributed by atoms with Gasteiger partial charge in [0, 0.05) is 26.2 Å². The van der Waals surface area contributed by atoms with E-state index in [1.165, 1.54) is 29.2 Å². The van der Waals surface area contributed by atoms with Crippen LogP contribution in [0.1, 0.15) is 66.8 Å². The minimum absolute atomic E-state index is 0.0127. The van der Waals surface area contributed by atoms with E-state index in [-0.39, 0.29) is 11.5 Å². The third-order valence-electron chi connectivity index (χ3n) is 7.47. The van der Waals surface area contributed by atoms with E-state index in [1.54, 1.807) is 24.3 Å². The van der Waals surface area contributed by atoms with Crippen LogP contribution in [0.5, 0.6) is 5.75 Å². The fourth-order valence-corrected chi connectivity index (χ4v) is 5.57. The Morgan fingerprint density at radius 3 is 2.26 bits per heavy atom. The van der Waals surface area contributed by atoms with Gasteiger partial charge in [-0.15, -0.1) is 0 Å². The summed E-state index contributed by atoms with van der Waals surface area (Å²) in [7, 11) is 0. The van der Waals surface area contributed by atoms with Gasteiger partial charge in [0.1, 0.15) is 5.75 Å². The SMILES string of the molecule is O=C(c1ccc(OCCCCC2CCN(C(=O)C(c3ccccc3)C(F)(F)F)CC2)cc1Cl)N1CCCC1. The Hall–Kier alpha value is -2.74. The molecule has 0 N–H and O–H groups in total. The lowest BCUT2D eigenvalue weighted by Gasteiger charge is -2.35. The number of piperidine rings is 1. The van der Waals surface area contributed by atoms with Crippen molar-refractivity contribution in [1.29, 1.82) is 0 Å². The number of alkyl halides is 3. The predicted molar refractivity (Wildman–Crippen MR) is 140 cm³/mol.